The first-order valence-corrected chi connectivity index (χ1v) is 8.57. The van der Waals surface area contributed by atoms with Crippen molar-refractivity contribution in [2.24, 2.45) is 0 Å². The molecular weight excluding hydrogens is 324 g/mol. The maximum Gasteiger partial charge on any atom is 0.348 e. The minimum Gasteiger partial charge on any atom is -0.478 e. The summed E-state index contributed by atoms with van der Waals surface area (Å²) in [5.74, 6) is 0.202. The van der Waals surface area contributed by atoms with Crippen LogP contribution in [0.25, 0.3) is 0 Å². The third-order valence-electron chi connectivity index (χ3n) is 4.65. The molecule has 2 aromatic rings. The van der Waals surface area contributed by atoms with Gasteiger partial charge in [-0.25, -0.2) is 4.79 Å². The minimum atomic E-state index is -1.22. The molecule has 0 aliphatic carbocycles. The maximum absolute atomic E-state index is 12.0. The van der Waals surface area contributed by atoms with Crippen LogP contribution in [0.4, 0.5) is 0 Å². The topological polar surface area (TPSA) is 46.5 Å². The number of hydrogen-bond donors (Lipinski definition) is 1. The van der Waals surface area contributed by atoms with Gasteiger partial charge < -0.3 is 9.84 Å². The predicted octanol–water partition coefficient (Wildman–Crippen LogP) is 4.85. The van der Waals surface area contributed by atoms with Crippen molar-refractivity contribution >= 4 is 17.6 Å². The summed E-state index contributed by atoms with van der Waals surface area (Å²) >= 11 is 5.91. The lowest BCUT2D eigenvalue weighted by molar-refractivity contribution is -0.156. The fraction of sp³-hybridized carbons (Fsp3) is 0.350. The van der Waals surface area contributed by atoms with Gasteiger partial charge in [0.1, 0.15) is 5.75 Å². The zero-order valence-electron chi connectivity index (χ0n) is 13.9. The average Bonchev–Trinajstić information content (AvgIpc) is 2.56. The Bertz CT molecular complexity index is 752. The molecule has 0 bridgehead atoms. The highest BCUT2D eigenvalue weighted by Gasteiger charge is 2.44. The Kier molecular flexibility index (Phi) is 4.55. The summed E-state index contributed by atoms with van der Waals surface area (Å²) < 4.78 is 6.02. The van der Waals surface area contributed by atoms with Crippen LogP contribution in [0.15, 0.2) is 42.5 Å². The fourth-order valence-electron chi connectivity index (χ4n) is 3.13. The maximum atomic E-state index is 12.0. The molecule has 126 valence electrons. The van der Waals surface area contributed by atoms with E-state index < -0.39 is 11.6 Å². The molecule has 0 amide bonds. The molecule has 24 heavy (non-hydrogen) atoms. The van der Waals surface area contributed by atoms with Gasteiger partial charge in [0, 0.05) is 17.9 Å². The summed E-state index contributed by atoms with van der Waals surface area (Å²) in [6.45, 7) is 4.29. The highest BCUT2D eigenvalue weighted by atomic mass is 35.5. The van der Waals surface area contributed by atoms with Crippen molar-refractivity contribution in [2.75, 3.05) is 0 Å². The number of carboxylic acid groups (broad SMARTS) is 1. The van der Waals surface area contributed by atoms with Gasteiger partial charge in [-0.1, -0.05) is 49.7 Å². The summed E-state index contributed by atoms with van der Waals surface area (Å²) in [6.07, 6.45) is 1.49. The molecule has 1 aliphatic rings. The number of fused-ring (bicyclic) bond motifs is 1. The van der Waals surface area contributed by atoms with Crippen LogP contribution in [0.3, 0.4) is 0 Å². The second-order valence-electron chi connectivity index (χ2n) is 6.73. The second-order valence-corrected chi connectivity index (χ2v) is 7.16. The Labute approximate surface area is 147 Å². The number of hydrogen-bond acceptors (Lipinski definition) is 2. The predicted molar refractivity (Wildman–Crippen MR) is 95.0 cm³/mol. The third-order valence-corrected chi connectivity index (χ3v) is 4.90. The van der Waals surface area contributed by atoms with Crippen molar-refractivity contribution in [3.05, 3.63) is 64.2 Å². The fourth-order valence-corrected chi connectivity index (χ4v) is 3.26. The molecule has 1 unspecified atom stereocenters. The lowest BCUT2D eigenvalue weighted by Crippen LogP contribution is -2.49. The first kappa shape index (κ1) is 16.8. The molecule has 1 N–H and O–H groups in total. The monoisotopic (exact) mass is 344 g/mol. The molecule has 0 fully saturated rings. The van der Waals surface area contributed by atoms with E-state index in [0.717, 1.165) is 11.1 Å². The van der Waals surface area contributed by atoms with Crippen LogP contribution in [0.2, 0.25) is 5.02 Å². The summed E-state index contributed by atoms with van der Waals surface area (Å²) in [4.78, 5) is 12.0. The van der Waals surface area contributed by atoms with Gasteiger partial charge in [-0.3, -0.25) is 0 Å². The summed E-state index contributed by atoms with van der Waals surface area (Å²) in [5.41, 5.74) is 2.02. The van der Waals surface area contributed by atoms with Crippen molar-refractivity contribution < 1.29 is 14.6 Å². The number of halogens is 1. The molecule has 0 spiro atoms. The van der Waals surface area contributed by atoms with Crippen molar-refractivity contribution in [3.63, 3.8) is 0 Å². The number of aryl methyl sites for hydroxylation is 1. The third kappa shape index (κ3) is 3.27. The summed E-state index contributed by atoms with van der Waals surface area (Å²) in [7, 11) is 0. The van der Waals surface area contributed by atoms with Gasteiger partial charge in [0.2, 0.25) is 5.60 Å². The molecule has 0 aromatic heterocycles. The lowest BCUT2D eigenvalue weighted by Gasteiger charge is -2.35. The number of aliphatic carboxylic acids is 1. The standard InChI is InChI=1S/C20H21ClO3/c1-13(2)15-5-8-18-16(11-15)9-10-20(24-18,19(22)23)12-14-3-6-17(21)7-4-14/h3-8,11,13H,9-10,12H2,1-2H3,(H,22,23). The van der Waals surface area contributed by atoms with Gasteiger partial charge in [0.05, 0.1) is 0 Å². The first-order valence-electron chi connectivity index (χ1n) is 8.19. The van der Waals surface area contributed by atoms with Gasteiger partial charge in [-0.15, -0.1) is 0 Å². The van der Waals surface area contributed by atoms with E-state index in [0.29, 0.717) is 36.0 Å². The Morgan fingerprint density at radius 3 is 2.58 bits per heavy atom. The number of carbonyl (C=O) groups is 1. The van der Waals surface area contributed by atoms with E-state index in [1.54, 1.807) is 12.1 Å². The molecule has 3 nitrogen and oxygen atoms in total. The highest BCUT2D eigenvalue weighted by Crippen LogP contribution is 2.37. The Morgan fingerprint density at radius 1 is 1.25 bits per heavy atom. The number of ether oxygens (including phenoxy) is 1. The zero-order valence-corrected chi connectivity index (χ0v) is 14.6. The largest absolute Gasteiger partial charge is 0.478 e. The first-order chi connectivity index (χ1) is 11.4. The van der Waals surface area contributed by atoms with E-state index in [2.05, 4.69) is 19.9 Å². The van der Waals surface area contributed by atoms with Crippen molar-refractivity contribution in [2.45, 2.75) is 44.6 Å². The molecule has 1 atom stereocenters. The van der Waals surface area contributed by atoms with E-state index in [4.69, 9.17) is 16.3 Å². The van der Waals surface area contributed by atoms with Gasteiger partial charge in [-0.2, -0.15) is 0 Å². The van der Waals surface area contributed by atoms with Crippen LogP contribution in [0.1, 0.15) is 42.9 Å². The number of rotatable bonds is 4. The van der Waals surface area contributed by atoms with E-state index in [9.17, 15) is 9.90 Å². The average molecular weight is 345 g/mol. The zero-order chi connectivity index (χ0) is 17.3. The van der Waals surface area contributed by atoms with Crippen LogP contribution in [-0.4, -0.2) is 16.7 Å². The van der Waals surface area contributed by atoms with E-state index in [1.165, 1.54) is 5.56 Å². The molecule has 3 rings (SSSR count). The van der Waals surface area contributed by atoms with E-state index in [-0.39, 0.29) is 0 Å². The number of carboxylic acids is 1. The van der Waals surface area contributed by atoms with Gasteiger partial charge in [-0.05, 0) is 47.2 Å². The molecule has 2 aromatic carbocycles. The minimum absolute atomic E-state index is 0.324. The summed E-state index contributed by atoms with van der Waals surface area (Å²) in [5, 5.41) is 10.5. The SMILES string of the molecule is CC(C)c1ccc2c(c1)CCC(Cc1ccc(Cl)cc1)(C(=O)O)O2. The Hall–Kier alpha value is -2.00. The van der Waals surface area contributed by atoms with Crippen LogP contribution in [0.5, 0.6) is 5.75 Å². The lowest BCUT2D eigenvalue weighted by atomic mass is 9.85. The molecule has 0 radical (unpaired) electrons. The smallest absolute Gasteiger partial charge is 0.348 e. The highest BCUT2D eigenvalue weighted by molar-refractivity contribution is 6.30. The molecule has 4 heteroatoms. The number of benzene rings is 2. The van der Waals surface area contributed by atoms with Crippen molar-refractivity contribution in [1.29, 1.82) is 0 Å². The van der Waals surface area contributed by atoms with E-state index >= 15 is 0 Å². The van der Waals surface area contributed by atoms with Gasteiger partial charge in [0.25, 0.3) is 0 Å². The van der Waals surface area contributed by atoms with Gasteiger partial charge in [0.15, 0.2) is 0 Å². The quantitative estimate of drug-likeness (QED) is 0.862. The molecular formula is C20H21ClO3. The van der Waals surface area contributed by atoms with Crippen LogP contribution in [0, 0.1) is 0 Å². The molecule has 1 heterocycles. The van der Waals surface area contributed by atoms with Crippen LogP contribution < -0.4 is 4.74 Å². The second kappa shape index (κ2) is 6.48. The molecule has 0 saturated heterocycles. The van der Waals surface area contributed by atoms with E-state index in [1.807, 2.05) is 24.3 Å². The van der Waals surface area contributed by atoms with Crippen molar-refractivity contribution in [1.82, 2.24) is 0 Å². The normalized spacial score (nSPS) is 19.7. The van der Waals surface area contributed by atoms with Gasteiger partial charge >= 0.3 is 5.97 Å². The summed E-state index contributed by atoms with van der Waals surface area (Å²) in [6, 6.07) is 13.3. The Balaban J connectivity index is 1.90. The molecule has 0 saturated carbocycles. The van der Waals surface area contributed by atoms with Crippen molar-refractivity contribution in [3.8, 4) is 5.75 Å². The molecule has 1 aliphatic heterocycles. The van der Waals surface area contributed by atoms with Crippen LogP contribution >= 0.6 is 11.6 Å². The van der Waals surface area contributed by atoms with Crippen LogP contribution in [-0.2, 0) is 17.6 Å². The Morgan fingerprint density at radius 2 is 1.96 bits per heavy atom.